The van der Waals surface area contributed by atoms with Crippen molar-refractivity contribution in [2.45, 2.75) is 52.5 Å². The standard InChI is InChI=1S/C16H26N2O2S/c1-12-11-14(5-6-15(12)18-21(4,19)20)17-13-7-9-16(2,3)10-8-13/h5-6,11,13,17-18H,7-10H2,1-4H3. The summed E-state index contributed by atoms with van der Waals surface area (Å²) >= 11 is 0. The number of rotatable bonds is 4. The van der Waals surface area contributed by atoms with Crippen LogP contribution in [0.4, 0.5) is 11.4 Å². The number of nitrogens with one attached hydrogen (secondary N) is 2. The highest BCUT2D eigenvalue weighted by Gasteiger charge is 2.26. The Morgan fingerprint density at radius 1 is 1.19 bits per heavy atom. The summed E-state index contributed by atoms with van der Waals surface area (Å²) < 4.78 is 25.1. The van der Waals surface area contributed by atoms with E-state index in [4.69, 9.17) is 0 Å². The smallest absolute Gasteiger partial charge is 0.229 e. The van der Waals surface area contributed by atoms with Crippen LogP contribution in [0.25, 0.3) is 0 Å². The van der Waals surface area contributed by atoms with Crippen molar-refractivity contribution in [1.29, 1.82) is 0 Å². The van der Waals surface area contributed by atoms with E-state index in [0.717, 1.165) is 11.3 Å². The van der Waals surface area contributed by atoms with E-state index in [1.165, 1.54) is 31.9 Å². The molecule has 0 spiro atoms. The van der Waals surface area contributed by atoms with E-state index in [-0.39, 0.29) is 0 Å². The van der Waals surface area contributed by atoms with Crippen molar-refractivity contribution in [1.82, 2.24) is 0 Å². The molecule has 2 rings (SSSR count). The zero-order chi connectivity index (χ0) is 15.7. The second kappa shape index (κ2) is 5.87. The van der Waals surface area contributed by atoms with Gasteiger partial charge in [-0.05, 0) is 61.8 Å². The van der Waals surface area contributed by atoms with Gasteiger partial charge in [-0.2, -0.15) is 0 Å². The van der Waals surface area contributed by atoms with Gasteiger partial charge < -0.3 is 5.32 Å². The van der Waals surface area contributed by atoms with Crippen LogP contribution in [0.15, 0.2) is 18.2 Å². The summed E-state index contributed by atoms with van der Waals surface area (Å²) in [7, 11) is -3.22. The van der Waals surface area contributed by atoms with Crippen LogP contribution in [0, 0.1) is 12.3 Å². The lowest BCUT2D eigenvalue weighted by atomic mass is 9.75. The predicted octanol–water partition coefficient (Wildman–Crippen LogP) is 3.75. The first-order chi connectivity index (χ1) is 9.65. The van der Waals surface area contributed by atoms with E-state index in [2.05, 4.69) is 23.9 Å². The van der Waals surface area contributed by atoms with Crippen LogP contribution in [0.5, 0.6) is 0 Å². The highest BCUT2D eigenvalue weighted by Crippen LogP contribution is 2.36. The number of anilines is 2. The lowest BCUT2D eigenvalue weighted by Crippen LogP contribution is -2.29. The molecule has 0 aliphatic heterocycles. The average Bonchev–Trinajstić information content (AvgIpc) is 2.34. The Bertz CT molecular complexity index is 599. The number of sulfonamides is 1. The Labute approximate surface area is 128 Å². The summed E-state index contributed by atoms with van der Waals surface area (Å²) in [6.07, 6.45) is 6.04. The van der Waals surface area contributed by atoms with E-state index in [0.29, 0.717) is 17.1 Å². The van der Waals surface area contributed by atoms with Crippen molar-refractivity contribution >= 4 is 21.4 Å². The van der Waals surface area contributed by atoms with Gasteiger partial charge in [-0.3, -0.25) is 4.72 Å². The van der Waals surface area contributed by atoms with Crippen LogP contribution >= 0.6 is 0 Å². The third-order valence-corrected chi connectivity index (χ3v) is 4.82. The fraction of sp³-hybridized carbons (Fsp3) is 0.625. The number of benzene rings is 1. The van der Waals surface area contributed by atoms with Crippen molar-refractivity contribution in [2.24, 2.45) is 5.41 Å². The summed E-state index contributed by atoms with van der Waals surface area (Å²) in [5, 5.41) is 3.57. The Hall–Kier alpha value is -1.23. The molecule has 5 heteroatoms. The lowest BCUT2D eigenvalue weighted by molar-refractivity contribution is 0.232. The van der Waals surface area contributed by atoms with Gasteiger partial charge in [-0.1, -0.05) is 13.8 Å². The summed E-state index contributed by atoms with van der Waals surface area (Å²) in [5.74, 6) is 0. The Kier molecular flexibility index (Phi) is 4.51. The molecule has 21 heavy (non-hydrogen) atoms. The molecule has 0 radical (unpaired) electrons. The van der Waals surface area contributed by atoms with Gasteiger partial charge in [0.1, 0.15) is 0 Å². The average molecular weight is 310 g/mol. The van der Waals surface area contributed by atoms with E-state index >= 15 is 0 Å². The molecule has 0 heterocycles. The van der Waals surface area contributed by atoms with Crippen LogP contribution in [0.1, 0.15) is 45.1 Å². The van der Waals surface area contributed by atoms with Gasteiger partial charge >= 0.3 is 0 Å². The maximum Gasteiger partial charge on any atom is 0.229 e. The summed E-state index contributed by atoms with van der Waals surface area (Å²) in [6, 6.07) is 6.30. The Balaban J connectivity index is 2.01. The molecule has 0 atom stereocenters. The van der Waals surface area contributed by atoms with Crippen LogP contribution in [0.3, 0.4) is 0 Å². The first kappa shape index (κ1) is 16.1. The molecule has 1 saturated carbocycles. The van der Waals surface area contributed by atoms with Gasteiger partial charge in [0.05, 0.1) is 11.9 Å². The summed E-state index contributed by atoms with van der Waals surface area (Å²) in [5.41, 5.74) is 3.11. The molecule has 0 aromatic heterocycles. The van der Waals surface area contributed by atoms with Crippen LogP contribution in [-0.4, -0.2) is 20.7 Å². The molecule has 2 N–H and O–H groups in total. The lowest BCUT2D eigenvalue weighted by Gasteiger charge is -2.35. The van der Waals surface area contributed by atoms with Crippen molar-refractivity contribution in [3.8, 4) is 0 Å². The minimum atomic E-state index is -3.22. The van der Waals surface area contributed by atoms with Gasteiger partial charge in [0.15, 0.2) is 0 Å². The van der Waals surface area contributed by atoms with E-state index < -0.39 is 10.0 Å². The molecule has 1 fully saturated rings. The van der Waals surface area contributed by atoms with Crippen LogP contribution in [0.2, 0.25) is 0 Å². The fourth-order valence-electron chi connectivity index (χ4n) is 2.85. The topological polar surface area (TPSA) is 58.2 Å². The number of aryl methyl sites for hydroxylation is 1. The minimum absolute atomic E-state index is 0.470. The van der Waals surface area contributed by atoms with Crippen molar-refractivity contribution in [2.75, 3.05) is 16.3 Å². The molecule has 0 amide bonds. The highest BCUT2D eigenvalue weighted by molar-refractivity contribution is 7.92. The van der Waals surface area contributed by atoms with Crippen LogP contribution in [-0.2, 0) is 10.0 Å². The maximum atomic E-state index is 11.3. The molecule has 0 unspecified atom stereocenters. The van der Waals surface area contributed by atoms with E-state index in [1.807, 2.05) is 25.1 Å². The molecule has 1 aromatic rings. The normalized spacial score (nSPS) is 19.2. The third-order valence-electron chi connectivity index (χ3n) is 4.23. The molecule has 1 aromatic carbocycles. The number of hydrogen-bond donors (Lipinski definition) is 2. The molecule has 1 aliphatic rings. The second-order valence-corrected chi connectivity index (χ2v) is 8.74. The fourth-order valence-corrected chi connectivity index (χ4v) is 3.48. The first-order valence-electron chi connectivity index (χ1n) is 7.50. The van der Waals surface area contributed by atoms with Gasteiger partial charge in [-0.25, -0.2) is 8.42 Å². The first-order valence-corrected chi connectivity index (χ1v) is 9.39. The highest BCUT2D eigenvalue weighted by atomic mass is 32.2. The van der Waals surface area contributed by atoms with Crippen molar-refractivity contribution < 1.29 is 8.42 Å². The van der Waals surface area contributed by atoms with Crippen LogP contribution < -0.4 is 10.0 Å². The largest absolute Gasteiger partial charge is 0.382 e. The predicted molar refractivity (Wildman–Crippen MR) is 89.3 cm³/mol. The molecule has 118 valence electrons. The molecule has 0 bridgehead atoms. The van der Waals surface area contributed by atoms with Crippen molar-refractivity contribution in [3.63, 3.8) is 0 Å². The molecule has 4 nitrogen and oxygen atoms in total. The maximum absolute atomic E-state index is 11.3. The third kappa shape index (κ3) is 4.92. The Morgan fingerprint density at radius 3 is 2.33 bits per heavy atom. The SMILES string of the molecule is Cc1cc(NC2CCC(C)(C)CC2)ccc1NS(C)(=O)=O. The van der Waals surface area contributed by atoms with E-state index in [1.54, 1.807) is 0 Å². The molecular formula is C16H26N2O2S. The zero-order valence-corrected chi connectivity index (χ0v) is 14.2. The monoisotopic (exact) mass is 310 g/mol. The minimum Gasteiger partial charge on any atom is -0.382 e. The molecule has 0 saturated heterocycles. The van der Waals surface area contributed by atoms with E-state index in [9.17, 15) is 8.42 Å². The number of hydrogen-bond acceptors (Lipinski definition) is 3. The van der Waals surface area contributed by atoms with Gasteiger partial charge in [0, 0.05) is 11.7 Å². The zero-order valence-electron chi connectivity index (χ0n) is 13.4. The second-order valence-electron chi connectivity index (χ2n) is 6.99. The molecular weight excluding hydrogens is 284 g/mol. The van der Waals surface area contributed by atoms with Gasteiger partial charge in [0.2, 0.25) is 10.0 Å². The van der Waals surface area contributed by atoms with Gasteiger partial charge in [-0.15, -0.1) is 0 Å². The Morgan fingerprint density at radius 2 is 1.81 bits per heavy atom. The summed E-state index contributed by atoms with van der Waals surface area (Å²) in [4.78, 5) is 0. The summed E-state index contributed by atoms with van der Waals surface area (Å²) in [6.45, 7) is 6.58. The van der Waals surface area contributed by atoms with Crippen molar-refractivity contribution in [3.05, 3.63) is 23.8 Å². The quantitative estimate of drug-likeness (QED) is 0.890. The molecule has 1 aliphatic carbocycles. The van der Waals surface area contributed by atoms with Gasteiger partial charge in [0.25, 0.3) is 0 Å².